The van der Waals surface area contributed by atoms with E-state index in [-0.39, 0.29) is 0 Å². The zero-order valence-electron chi connectivity index (χ0n) is 13.8. The van der Waals surface area contributed by atoms with Gasteiger partial charge in [0.1, 0.15) is 11.4 Å². The SMILES string of the molecule is COc1cccnc1-c1nc(-c2ccccc2)cc2c1CCCC2. The molecule has 0 N–H and O–H groups in total. The third kappa shape index (κ3) is 2.67. The Hall–Kier alpha value is -2.68. The largest absolute Gasteiger partial charge is 0.494 e. The number of hydrogen-bond acceptors (Lipinski definition) is 3. The molecule has 24 heavy (non-hydrogen) atoms. The standard InChI is InChI=1S/C21H20N2O/c1-24-19-12-7-13-22-21(19)20-17-11-6-5-10-16(17)14-18(23-20)15-8-3-2-4-9-15/h2-4,7-9,12-14H,5-6,10-11H2,1H3. The van der Waals surface area contributed by atoms with Crippen molar-refractivity contribution in [1.82, 2.24) is 9.97 Å². The molecule has 3 heteroatoms. The van der Waals surface area contributed by atoms with Crippen LogP contribution in [0.3, 0.4) is 0 Å². The van der Waals surface area contributed by atoms with E-state index in [9.17, 15) is 0 Å². The molecule has 1 aliphatic rings. The number of ether oxygens (including phenoxy) is 1. The molecule has 0 fully saturated rings. The first-order valence-corrected chi connectivity index (χ1v) is 8.44. The Morgan fingerprint density at radius 3 is 2.58 bits per heavy atom. The van der Waals surface area contributed by atoms with Gasteiger partial charge in [0.15, 0.2) is 0 Å². The van der Waals surface area contributed by atoms with Gasteiger partial charge in [-0.3, -0.25) is 4.98 Å². The molecule has 2 aromatic heterocycles. The molecule has 0 saturated carbocycles. The van der Waals surface area contributed by atoms with E-state index in [0.717, 1.165) is 41.2 Å². The number of nitrogens with zero attached hydrogens (tertiary/aromatic N) is 2. The van der Waals surface area contributed by atoms with Gasteiger partial charge in [-0.15, -0.1) is 0 Å². The van der Waals surface area contributed by atoms with Crippen LogP contribution in [-0.2, 0) is 12.8 Å². The smallest absolute Gasteiger partial charge is 0.146 e. The molecule has 3 nitrogen and oxygen atoms in total. The van der Waals surface area contributed by atoms with Crippen molar-refractivity contribution in [3.8, 4) is 28.4 Å². The Kier molecular flexibility index (Phi) is 3.99. The second kappa shape index (κ2) is 6.44. The molecule has 2 heterocycles. The molecule has 0 bridgehead atoms. The van der Waals surface area contributed by atoms with Gasteiger partial charge < -0.3 is 4.74 Å². The Labute approximate surface area is 142 Å². The highest BCUT2D eigenvalue weighted by molar-refractivity contribution is 5.72. The monoisotopic (exact) mass is 316 g/mol. The minimum atomic E-state index is 0.781. The average Bonchev–Trinajstić information content (AvgIpc) is 2.68. The van der Waals surface area contributed by atoms with Crippen LogP contribution in [0.15, 0.2) is 54.7 Å². The summed E-state index contributed by atoms with van der Waals surface area (Å²) in [4.78, 5) is 9.57. The van der Waals surface area contributed by atoms with Crippen LogP contribution < -0.4 is 4.74 Å². The summed E-state index contributed by atoms with van der Waals surface area (Å²) in [7, 11) is 1.69. The van der Waals surface area contributed by atoms with Crippen molar-refractivity contribution >= 4 is 0 Å². The summed E-state index contributed by atoms with van der Waals surface area (Å²) in [6.07, 6.45) is 6.43. The van der Waals surface area contributed by atoms with Crippen molar-refractivity contribution in [1.29, 1.82) is 0 Å². The topological polar surface area (TPSA) is 35.0 Å². The minimum Gasteiger partial charge on any atom is -0.494 e. The van der Waals surface area contributed by atoms with Gasteiger partial charge in [-0.05, 0) is 55.0 Å². The van der Waals surface area contributed by atoms with Crippen LogP contribution in [0.25, 0.3) is 22.6 Å². The Balaban J connectivity index is 1.95. The normalized spacial score (nSPS) is 13.4. The predicted octanol–water partition coefficient (Wildman–Crippen LogP) is 4.70. The van der Waals surface area contributed by atoms with Crippen LogP contribution in [0.5, 0.6) is 5.75 Å². The summed E-state index contributed by atoms with van der Waals surface area (Å²) in [6, 6.07) is 16.5. The van der Waals surface area contributed by atoms with Crippen LogP contribution in [0, 0.1) is 0 Å². The Morgan fingerprint density at radius 2 is 1.75 bits per heavy atom. The number of aryl methyl sites for hydroxylation is 1. The number of methoxy groups -OCH3 is 1. The van der Waals surface area contributed by atoms with Gasteiger partial charge in [0.2, 0.25) is 0 Å². The van der Waals surface area contributed by atoms with Gasteiger partial charge in [0.25, 0.3) is 0 Å². The van der Waals surface area contributed by atoms with E-state index in [0.29, 0.717) is 0 Å². The summed E-state index contributed by atoms with van der Waals surface area (Å²) in [5, 5.41) is 0. The molecule has 1 aliphatic carbocycles. The zero-order valence-corrected chi connectivity index (χ0v) is 13.8. The number of pyridine rings is 2. The van der Waals surface area contributed by atoms with Crippen molar-refractivity contribution in [3.63, 3.8) is 0 Å². The van der Waals surface area contributed by atoms with Crippen molar-refractivity contribution in [2.45, 2.75) is 25.7 Å². The molecule has 0 atom stereocenters. The van der Waals surface area contributed by atoms with E-state index in [2.05, 4.69) is 35.3 Å². The van der Waals surface area contributed by atoms with E-state index in [1.807, 2.05) is 24.4 Å². The quantitative estimate of drug-likeness (QED) is 0.702. The maximum absolute atomic E-state index is 5.53. The molecule has 0 aliphatic heterocycles. The molecule has 4 rings (SSSR count). The lowest BCUT2D eigenvalue weighted by Gasteiger charge is -2.21. The zero-order chi connectivity index (χ0) is 16.4. The van der Waals surface area contributed by atoms with Crippen molar-refractivity contribution < 1.29 is 4.74 Å². The molecule has 0 spiro atoms. The lowest BCUT2D eigenvalue weighted by molar-refractivity contribution is 0.414. The van der Waals surface area contributed by atoms with E-state index in [1.165, 1.54) is 24.0 Å². The highest BCUT2D eigenvalue weighted by Gasteiger charge is 2.20. The summed E-state index contributed by atoms with van der Waals surface area (Å²) in [6.45, 7) is 0. The first-order chi connectivity index (χ1) is 11.9. The van der Waals surface area contributed by atoms with Gasteiger partial charge in [-0.1, -0.05) is 30.3 Å². The lowest BCUT2D eigenvalue weighted by atomic mass is 9.88. The molecular formula is C21H20N2O. The van der Waals surface area contributed by atoms with Gasteiger partial charge in [0, 0.05) is 11.8 Å². The Bertz CT molecular complexity index is 859. The second-order valence-electron chi connectivity index (χ2n) is 6.12. The molecule has 0 amide bonds. The summed E-state index contributed by atoms with van der Waals surface area (Å²) < 4.78 is 5.53. The third-order valence-electron chi connectivity index (χ3n) is 4.62. The lowest BCUT2D eigenvalue weighted by Crippen LogP contribution is -2.08. The molecular weight excluding hydrogens is 296 g/mol. The molecule has 0 radical (unpaired) electrons. The Morgan fingerprint density at radius 1 is 0.917 bits per heavy atom. The molecule has 120 valence electrons. The average molecular weight is 316 g/mol. The fourth-order valence-corrected chi connectivity index (χ4v) is 3.43. The van der Waals surface area contributed by atoms with E-state index < -0.39 is 0 Å². The number of benzene rings is 1. The van der Waals surface area contributed by atoms with E-state index in [1.54, 1.807) is 7.11 Å². The predicted molar refractivity (Wildman–Crippen MR) is 96.1 cm³/mol. The number of hydrogen-bond donors (Lipinski definition) is 0. The highest BCUT2D eigenvalue weighted by Crippen LogP contribution is 2.36. The molecule has 0 saturated heterocycles. The first-order valence-electron chi connectivity index (χ1n) is 8.44. The van der Waals surface area contributed by atoms with E-state index >= 15 is 0 Å². The summed E-state index contributed by atoms with van der Waals surface area (Å²) in [5.74, 6) is 0.781. The van der Waals surface area contributed by atoms with Gasteiger partial charge in [-0.25, -0.2) is 4.98 Å². The third-order valence-corrected chi connectivity index (χ3v) is 4.62. The van der Waals surface area contributed by atoms with Crippen molar-refractivity contribution in [3.05, 3.63) is 65.9 Å². The van der Waals surface area contributed by atoms with Crippen LogP contribution in [0.1, 0.15) is 24.0 Å². The fourth-order valence-electron chi connectivity index (χ4n) is 3.43. The summed E-state index contributed by atoms with van der Waals surface area (Å²) >= 11 is 0. The maximum atomic E-state index is 5.53. The molecule has 1 aromatic carbocycles. The fraction of sp³-hybridized carbons (Fsp3) is 0.238. The van der Waals surface area contributed by atoms with Crippen molar-refractivity contribution in [2.24, 2.45) is 0 Å². The van der Waals surface area contributed by atoms with Crippen LogP contribution in [0.4, 0.5) is 0 Å². The van der Waals surface area contributed by atoms with Crippen molar-refractivity contribution in [2.75, 3.05) is 7.11 Å². The maximum Gasteiger partial charge on any atom is 0.146 e. The van der Waals surface area contributed by atoms with E-state index in [4.69, 9.17) is 9.72 Å². The van der Waals surface area contributed by atoms with Gasteiger partial charge >= 0.3 is 0 Å². The minimum absolute atomic E-state index is 0.781. The second-order valence-corrected chi connectivity index (χ2v) is 6.12. The molecule has 0 unspecified atom stereocenters. The number of rotatable bonds is 3. The molecule has 3 aromatic rings. The number of aromatic nitrogens is 2. The van der Waals surface area contributed by atoms with Crippen LogP contribution in [0.2, 0.25) is 0 Å². The van der Waals surface area contributed by atoms with Crippen LogP contribution in [-0.4, -0.2) is 17.1 Å². The highest BCUT2D eigenvalue weighted by atomic mass is 16.5. The first kappa shape index (κ1) is 14.9. The van der Waals surface area contributed by atoms with Gasteiger partial charge in [0.05, 0.1) is 18.5 Å². The number of fused-ring (bicyclic) bond motifs is 1. The summed E-state index contributed by atoms with van der Waals surface area (Å²) in [5.41, 5.74) is 6.70. The van der Waals surface area contributed by atoms with Crippen LogP contribution >= 0.6 is 0 Å². The van der Waals surface area contributed by atoms with Gasteiger partial charge in [-0.2, -0.15) is 0 Å².